The largest absolute Gasteiger partial charge is 0.346 e. The van der Waals surface area contributed by atoms with Crippen LogP contribution >= 0.6 is 0 Å². The van der Waals surface area contributed by atoms with E-state index in [0.717, 1.165) is 34.4 Å². The summed E-state index contributed by atoms with van der Waals surface area (Å²) in [6, 6.07) is 2.55. The molecule has 1 saturated carbocycles. The second-order valence-corrected chi connectivity index (χ2v) is 6.88. The van der Waals surface area contributed by atoms with Gasteiger partial charge in [0, 0.05) is 29.8 Å². The third-order valence-electron chi connectivity index (χ3n) is 5.56. The number of nitriles is 1. The van der Waals surface area contributed by atoms with Crippen LogP contribution in [0.4, 0.5) is 0 Å². The summed E-state index contributed by atoms with van der Waals surface area (Å²) in [5, 5.41) is 15.3. The molecule has 1 N–H and O–H groups in total. The lowest BCUT2D eigenvalue weighted by molar-refractivity contribution is 0.313. The van der Waals surface area contributed by atoms with Crippen molar-refractivity contribution in [3.05, 3.63) is 30.0 Å². The van der Waals surface area contributed by atoms with Crippen LogP contribution in [0.5, 0.6) is 0 Å². The zero-order chi connectivity index (χ0) is 16.1. The van der Waals surface area contributed by atoms with Crippen molar-refractivity contribution in [2.45, 2.75) is 44.6 Å². The van der Waals surface area contributed by atoms with Crippen LogP contribution in [0.15, 0.2) is 18.7 Å². The average Bonchev–Trinajstić information content (AvgIpc) is 3.33. The SMILES string of the molecule is N#CCC(C1CCCC1)n1cc2c(n1)Cc1c[nH]c3ncnc-2c13. The summed E-state index contributed by atoms with van der Waals surface area (Å²) in [5.74, 6) is 0.566. The van der Waals surface area contributed by atoms with Gasteiger partial charge in [-0.05, 0) is 24.3 Å². The predicted octanol–water partition coefficient (Wildman–Crippen LogP) is 3.37. The Morgan fingerprint density at radius 2 is 2.21 bits per heavy atom. The molecule has 0 aromatic carbocycles. The molecule has 5 rings (SSSR count). The Morgan fingerprint density at radius 1 is 1.33 bits per heavy atom. The molecule has 3 heterocycles. The first-order valence-corrected chi connectivity index (χ1v) is 8.61. The number of nitrogens with zero attached hydrogens (tertiary/aromatic N) is 5. The van der Waals surface area contributed by atoms with E-state index in [2.05, 4.69) is 27.2 Å². The lowest BCUT2D eigenvalue weighted by Crippen LogP contribution is -2.18. The minimum atomic E-state index is 0.182. The standard InChI is InChI=1S/C18H18N6/c19-6-5-15(11-3-1-2-4-11)24-9-13-14(23-24)7-12-8-20-18-16(12)17(13)21-10-22-18/h8-11,15H,1-5,7H2,(H,20,21,22). The van der Waals surface area contributed by atoms with Crippen molar-refractivity contribution in [1.29, 1.82) is 5.26 Å². The first-order chi connectivity index (χ1) is 11.8. The molecule has 0 radical (unpaired) electrons. The summed E-state index contributed by atoms with van der Waals surface area (Å²) in [6.07, 6.45) is 12.0. The van der Waals surface area contributed by atoms with Gasteiger partial charge in [-0.3, -0.25) is 4.68 Å². The number of aromatic amines is 1. The highest BCUT2D eigenvalue weighted by Gasteiger charge is 2.30. The molecule has 6 heteroatoms. The summed E-state index contributed by atoms with van der Waals surface area (Å²) < 4.78 is 2.05. The Hall–Kier alpha value is -2.68. The predicted molar refractivity (Wildman–Crippen MR) is 89.1 cm³/mol. The number of fused-ring (bicyclic) bond motifs is 2. The molecular formula is C18H18N6. The van der Waals surface area contributed by atoms with Gasteiger partial charge in [-0.15, -0.1) is 0 Å². The fourth-order valence-corrected chi connectivity index (χ4v) is 4.39. The van der Waals surface area contributed by atoms with E-state index < -0.39 is 0 Å². The summed E-state index contributed by atoms with van der Waals surface area (Å²) in [4.78, 5) is 12.1. The lowest BCUT2D eigenvalue weighted by Gasteiger charge is -2.21. The van der Waals surface area contributed by atoms with Crippen molar-refractivity contribution >= 4 is 11.0 Å². The quantitative estimate of drug-likeness (QED) is 0.628. The molecule has 1 atom stereocenters. The van der Waals surface area contributed by atoms with Crippen molar-refractivity contribution in [2.24, 2.45) is 5.92 Å². The number of H-pyrrole nitrogens is 1. The number of rotatable bonds is 3. The smallest absolute Gasteiger partial charge is 0.141 e. The van der Waals surface area contributed by atoms with Crippen LogP contribution in [0.1, 0.15) is 49.4 Å². The van der Waals surface area contributed by atoms with Crippen LogP contribution in [-0.4, -0.2) is 24.7 Å². The highest BCUT2D eigenvalue weighted by molar-refractivity contribution is 5.96. The highest BCUT2D eigenvalue weighted by Crippen LogP contribution is 2.40. The minimum Gasteiger partial charge on any atom is -0.346 e. The van der Waals surface area contributed by atoms with Gasteiger partial charge in [0.1, 0.15) is 12.0 Å². The third kappa shape index (κ3) is 1.91. The minimum absolute atomic E-state index is 0.182. The van der Waals surface area contributed by atoms with Gasteiger partial charge in [-0.1, -0.05) is 12.8 Å². The summed E-state index contributed by atoms with van der Waals surface area (Å²) in [7, 11) is 0. The lowest BCUT2D eigenvalue weighted by atomic mass is 9.95. The molecule has 1 unspecified atom stereocenters. The number of hydrogen-bond acceptors (Lipinski definition) is 4. The van der Waals surface area contributed by atoms with Gasteiger partial charge in [0.05, 0.1) is 29.9 Å². The molecule has 24 heavy (non-hydrogen) atoms. The maximum atomic E-state index is 9.28. The topological polar surface area (TPSA) is 83.2 Å². The number of nitrogens with one attached hydrogen (secondary N) is 1. The Labute approximate surface area is 139 Å². The molecule has 2 aliphatic carbocycles. The van der Waals surface area contributed by atoms with Gasteiger partial charge in [0.15, 0.2) is 0 Å². The number of hydrogen-bond donors (Lipinski definition) is 1. The van der Waals surface area contributed by atoms with Gasteiger partial charge in [0.25, 0.3) is 0 Å². The maximum absolute atomic E-state index is 9.28. The zero-order valence-corrected chi connectivity index (χ0v) is 13.4. The molecular weight excluding hydrogens is 300 g/mol. The molecule has 3 aromatic rings. The van der Waals surface area contributed by atoms with E-state index >= 15 is 0 Å². The molecule has 3 aromatic heterocycles. The van der Waals surface area contributed by atoms with Crippen LogP contribution < -0.4 is 0 Å². The van der Waals surface area contributed by atoms with E-state index in [0.29, 0.717) is 12.3 Å². The van der Waals surface area contributed by atoms with Crippen LogP contribution in [0.25, 0.3) is 22.3 Å². The third-order valence-corrected chi connectivity index (χ3v) is 5.56. The molecule has 1 fully saturated rings. The van der Waals surface area contributed by atoms with Crippen LogP contribution in [0.2, 0.25) is 0 Å². The molecule has 0 amide bonds. The monoisotopic (exact) mass is 318 g/mol. The normalized spacial score (nSPS) is 17.8. The Bertz CT molecular complexity index is 954. The van der Waals surface area contributed by atoms with E-state index in [1.807, 2.05) is 10.9 Å². The van der Waals surface area contributed by atoms with Crippen molar-refractivity contribution in [3.8, 4) is 17.3 Å². The Balaban J connectivity index is 1.61. The van der Waals surface area contributed by atoms with Crippen molar-refractivity contribution in [2.75, 3.05) is 0 Å². The van der Waals surface area contributed by atoms with Crippen LogP contribution in [0, 0.1) is 17.2 Å². The molecule has 0 saturated heterocycles. The highest BCUT2D eigenvalue weighted by atomic mass is 15.3. The van der Waals surface area contributed by atoms with Crippen LogP contribution in [-0.2, 0) is 6.42 Å². The molecule has 0 spiro atoms. The molecule has 6 nitrogen and oxygen atoms in total. The fourth-order valence-electron chi connectivity index (χ4n) is 4.39. The molecule has 120 valence electrons. The molecule has 0 aliphatic heterocycles. The molecule has 0 bridgehead atoms. The van der Waals surface area contributed by atoms with E-state index in [9.17, 15) is 5.26 Å². The zero-order valence-electron chi connectivity index (χ0n) is 13.4. The second kappa shape index (κ2) is 5.17. The summed E-state index contributed by atoms with van der Waals surface area (Å²) >= 11 is 0. The van der Waals surface area contributed by atoms with Crippen LogP contribution in [0.3, 0.4) is 0 Å². The average molecular weight is 318 g/mol. The summed E-state index contributed by atoms with van der Waals surface area (Å²) in [6.45, 7) is 0. The van der Waals surface area contributed by atoms with Gasteiger partial charge in [-0.25, -0.2) is 9.97 Å². The maximum Gasteiger partial charge on any atom is 0.141 e. The fraction of sp³-hybridized carbons (Fsp3) is 0.444. The Kier molecular flexibility index (Phi) is 2.96. The van der Waals surface area contributed by atoms with E-state index in [1.165, 1.54) is 31.2 Å². The number of aromatic nitrogens is 5. The molecule has 2 aliphatic rings. The summed E-state index contributed by atoms with van der Waals surface area (Å²) in [5.41, 5.74) is 5.21. The first kappa shape index (κ1) is 13.7. The van der Waals surface area contributed by atoms with Crippen molar-refractivity contribution in [1.82, 2.24) is 24.7 Å². The van der Waals surface area contributed by atoms with Crippen molar-refractivity contribution in [3.63, 3.8) is 0 Å². The van der Waals surface area contributed by atoms with Gasteiger partial charge >= 0.3 is 0 Å². The van der Waals surface area contributed by atoms with E-state index in [-0.39, 0.29) is 6.04 Å². The van der Waals surface area contributed by atoms with Gasteiger partial charge < -0.3 is 4.98 Å². The van der Waals surface area contributed by atoms with Gasteiger partial charge in [0.2, 0.25) is 0 Å². The Morgan fingerprint density at radius 3 is 3.04 bits per heavy atom. The van der Waals surface area contributed by atoms with Gasteiger partial charge in [-0.2, -0.15) is 10.4 Å². The van der Waals surface area contributed by atoms with E-state index in [4.69, 9.17) is 5.10 Å². The van der Waals surface area contributed by atoms with Crippen molar-refractivity contribution < 1.29 is 0 Å². The van der Waals surface area contributed by atoms with E-state index in [1.54, 1.807) is 6.33 Å². The second-order valence-electron chi connectivity index (χ2n) is 6.88. The first-order valence-electron chi connectivity index (χ1n) is 8.61.